The second kappa shape index (κ2) is 5.58. The van der Waals surface area contributed by atoms with Crippen molar-refractivity contribution in [2.45, 2.75) is 20.4 Å². The number of thiophene rings is 1. The number of nitrogens with zero attached hydrogens (tertiary/aromatic N) is 3. The van der Waals surface area contributed by atoms with Gasteiger partial charge in [-0.1, -0.05) is 35.5 Å². The van der Waals surface area contributed by atoms with E-state index in [1.54, 1.807) is 19.9 Å². The molecule has 0 amide bonds. The van der Waals surface area contributed by atoms with Crippen LogP contribution >= 0.6 is 11.3 Å². The number of rotatable bonds is 4. The average molecular weight is 329 g/mol. The van der Waals surface area contributed by atoms with Gasteiger partial charge in [-0.2, -0.15) is 0 Å². The molecule has 2 heterocycles. The van der Waals surface area contributed by atoms with E-state index in [9.17, 15) is 14.7 Å². The Morgan fingerprint density at radius 3 is 2.65 bits per heavy atom. The van der Waals surface area contributed by atoms with Gasteiger partial charge in [0, 0.05) is 4.88 Å². The Balaban J connectivity index is 2.06. The Morgan fingerprint density at radius 2 is 2.00 bits per heavy atom. The zero-order valence-electron chi connectivity index (χ0n) is 12.7. The van der Waals surface area contributed by atoms with Crippen LogP contribution in [0.4, 0.5) is 0 Å². The zero-order chi connectivity index (χ0) is 16.6. The first-order valence-electron chi connectivity index (χ1n) is 7.05. The molecule has 6 nitrogen and oxygen atoms in total. The lowest BCUT2D eigenvalue weighted by atomic mass is 9.94. The molecule has 0 spiro atoms. The number of carboxylic acids is 1. The van der Waals surface area contributed by atoms with E-state index in [2.05, 4.69) is 10.3 Å². The maximum atomic E-state index is 12.5. The van der Waals surface area contributed by atoms with Gasteiger partial charge < -0.3 is 5.11 Å². The monoisotopic (exact) mass is 329 g/mol. The average Bonchev–Trinajstić information content (AvgIpc) is 2.96. The molecule has 118 valence electrons. The fourth-order valence-electron chi connectivity index (χ4n) is 2.17. The van der Waals surface area contributed by atoms with Crippen LogP contribution in [-0.2, 0) is 11.3 Å². The molecule has 7 heteroatoms. The Bertz CT molecular complexity index is 929. The van der Waals surface area contributed by atoms with E-state index >= 15 is 0 Å². The summed E-state index contributed by atoms with van der Waals surface area (Å²) >= 11 is 1.39. The zero-order valence-corrected chi connectivity index (χ0v) is 13.5. The largest absolute Gasteiger partial charge is 0.481 e. The Hall–Kier alpha value is -2.54. The molecule has 0 bridgehead atoms. The summed E-state index contributed by atoms with van der Waals surface area (Å²) in [7, 11) is 0. The first kappa shape index (κ1) is 15.4. The van der Waals surface area contributed by atoms with Crippen molar-refractivity contribution in [2.75, 3.05) is 0 Å². The van der Waals surface area contributed by atoms with Gasteiger partial charge in [0.25, 0.3) is 5.56 Å². The van der Waals surface area contributed by atoms with Crippen LogP contribution in [0.1, 0.15) is 13.8 Å². The SMILES string of the molecule is CC(C)(Cn1nnc2sc(-c3ccccc3)cc2c1=O)C(=O)O. The first-order valence-corrected chi connectivity index (χ1v) is 7.86. The molecule has 0 saturated heterocycles. The van der Waals surface area contributed by atoms with Gasteiger partial charge in [0.2, 0.25) is 0 Å². The maximum Gasteiger partial charge on any atom is 0.310 e. The van der Waals surface area contributed by atoms with Crippen LogP contribution in [0.25, 0.3) is 20.7 Å². The van der Waals surface area contributed by atoms with Crippen LogP contribution < -0.4 is 5.56 Å². The number of fused-ring (bicyclic) bond motifs is 1. The van der Waals surface area contributed by atoms with Crippen LogP contribution in [0.15, 0.2) is 41.2 Å². The minimum absolute atomic E-state index is 0.0272. The number of hydrogen-bond acceptors (Lipinski definition) is 5. The van der Waals surface area contributed by atoms with E-state index in [0.717, 1.165) is 15.1 Å². The predicted octanol–water partition coefficient (Wildman–Crippen LogP) is 2.63. The molecule has 0 unspecified atom stereocenters. The van der Waals surface area contributed by atoms with Crippen molar-refractivity contribution < 1.29 is 9.90 Å². The molecule has 0 radical (unpaired) electrons. The highest BCUT2D eigenvalue weighted by atomic mass is 32.1. The Morgan fingerprint density at radius 1 is 1.30 bits per heavy atom. The highest BCUT2D eigenvalue weighted by Gasteiger charge is 2.29. The van der Waals surface area contributed by atoms with Crippen LogP contribution in [0.3, 0.4) is 0 Å². The number of aromatic nitrogens is 3. The molecule has 0 atom stereocenters. The smallest absolute Gasteiger partial charge is 0.310 e. The summed E-state index contributed by atoms with van der Waals surface area (Å²) in [4.78, 5) is 25.3. The Kier molecular flexibility index (Phi) is 3.73. The standard InChI is InChI=1S/C16H15N3O3S/c1-16(2,15(21)22)9-19-14(20)11-8-12(23-13(11)17-18-19)10-6-4-3-5-7-10/h3-8H,9H2,1-2H3,(H,21,22). The summed E-state index contributed by atoms with van der Waals surface area (Å²) in [5.41, 5.74) is -0.403. The molecule has 0 saturated carbocycles. The van der Waals surface area contributed by atoms with Crippen molar-refractivity contribution in [1.82, 2.24) is 15.0 Å². The van der Waals surface area contributed by atoms with Gasteiger partial charge in [0.15, 0.2) is 4.83 Å². The molecular weight excluding hydrogens is 314 g/mol. The van der Waals surface area contributed by atoms with Crippen molar-refractivity contribution in [3.05, 3.63) is 46.8 Å². The molecule has 0 aliphatic heterocycles. The summed E-state index contributed by atoms with van der Waals surface area (Å²) < 4.78 is 1.12. The minimum atomic E-state index is -1.09. The first-order chi connectivity index (χ1) is 10.9. The summed E-state index contributed by atoms with van der Waals surface area (Å²) in [5, 5.41) is 17.6. The highest BCUT2D eigenvalue weighted by molar-refractivity contribution is 7.21. The molecule has 3 aromatic rings. The molecule has 0 aliphatic rings. The number of hydrogen-bond donors (Lipinski definition) is 1. The van der Waals surface area contributed by atoms with Crippen LogP contribution in [0.2, 0.25) is 0 Å². The second-order valence-electron chi connectivity index (χ2n) is 5.94. The van der Waals surface area contributed by atoms with Crippen LogP contribution in [-0.4, -0.2) is 26.1 Å². The van der Waals surface area contributed by atoms with E-state index in [4.69, 9.17) is 0 Å². The maximum absolute atomic E-state index is 12.5. The fraction of sp³-hybridized carbons (Fsp3) is 0.250. The number of aliphatic carboxylic acids is 1. The van der Waals surface area contributed by atoms with E-state index in [-0.39, 0.29) is 12.1 Å². The fourth-order valence-corrected chi connectivity index (χ4v) is 3.15. The van der Waals surface area contributed by atoms with Gasteiger partial charge in [0.1, 0.15) is 0 Å². The van der Waals surface area contributed by atoms with Gasteiger partial charge in [-0.3, -0.25) is 9.59 Å². The molecule has 1 N–H and O–H groups in total. The van der Waals surface area contributed by atoms with Crippen molar-refractivity contribution in [3.63, 3.8) is 0 Å². The van der Waals surface area contributed by atoms with Gasteiger partial charge >= 0.3 is 5.97 Å². The van der Waals surface area contributed by atoms with Gasteiger partial charge in [-0.25, -0.2) is 4.68 Å². The molecule has 2 aromatic heterocycles. The summed E-state index contributed by atoms with van der Waals surface area (Å²) in [6, 6.07) is 11.5. The molecule has 23 heavy (non-hydrogen) atoms. The quantitative estimate of drug-likeness (QED) is 0.795. The third-order valence-electron chi connectivity index (χ3n) is 3.60. The molecular formula is C16H15N3O3S. The van der Waals surface area contributed by atoms with E-state index in [1.807, 2.05) is 30.3 Å². The highest BCUT2D eigenvalue weighted by Crippen LogP contribution is 2.30. The topological polar surface area (TPSA) is 85.1 Å². The molecule has 0 aliphatic carbocycles. The lowest BCUT2D eigenvalue weighted by Crippen LogP contribution is -2.35. The van der Waals surface area contributed by atoms with Gasteiger partial charge in [0.05, 0.1) is 17.3 Å². The minimum Gasteiger partial charge on any atom is -0.481 e. The van der Waals surface area contributed by atoms with Crippen LogP contribution in [0.5, 0.6) is 0 Å². The normalized spacial score (nSPS) is 11.7. The Labute approximate surface area is 136 Å². The van der Waals surface area contributed by atoms with E-state index in [0.29, 0.717) is 10.2 Å². The lowest BCUT2D eigenvalue weighted by Gasteiger charge is -2.18. The summed E-state index contributed by atoms with van der Waals surface area (Å²) in [5.74, 6) is -0.985. The third-order valence-corrected chi connectivity index (χ3v) is 4.67. The summed E-state index contributed by atoms with van der Waals surface area (Å²) in [6.45, 7) is 3.08. The third kappa shape index (κ3) is 2.87. The van der Waals surface area contributed by atoms with Crippen molar-refractivity contribution in [2.24, 2.45) is 5.41 Å². The van der Waals surface area contributed by atoms with E-state index < -0.39 is 11.4 Å². The lowest BCUT2D eigenvalue weighted by molar-refractivity contribution is -0.147. The van der Waals surface area contributed by atoms with Crippen molar-refractivity contribution >= 4 is 27.5 Å². The number of benzene rings is 1. The predicted molar refractivity (Wildman–Crippen MR) is 88.5 cm³/mol. The molecule has 1 aromatic carbocycles. The molecule has 3 rings (SSSR count). The van der Waals surface area contributed by atoms with E-state index in [1.165, 1.54) is 11.3 Å². The van der Waals surface area contributed by atoms with Gasteiger partial charge in [-0.15, -0.1) is 16.4 Å². The van der Waals surface area contributed by atoms with Crippen molar-refractivity contribution in [1.29, 1.82) is 0 Å². The number of carbonyl (C=O) groups is 1. The second-order valence-corrected chi connectivity index (χ2v) is 6.97. The van der Waals surface area contributed by atoms with Gasteiger partial charge in [-0.05, 0) is 25.5 Å². The summed E-state index contributed by atoms with van der Waals surface area (Å²) in [6.07, 6.45) is 0. The van der Waals surface area contributed by atoms with Crippen LogP contribution in [0, 0.1) is 5.41 Å². The number of carboxylic acid groups (broad SMARTS) is 1. The van der Waals surface area contributed by atoms with Crippen molar-refractivity contribution in [3.8, 4) is 10.4 Å². The molecule has 0 fully saturated rings.